The summed E-state index contributed by atoms with van der Waals surface area (Å²) in [6, 6.07) is 18.3. The van der Waals surface area contributed by atoms with E-state index in [0.717, 1.165) is 29.7 Å². The number of anilines is 2. The molecular formula is C23H19N5O2. The minimum atomic E-state index is -0.238. The van der Waals surface area contributed by atoms with Crippen LogP contribution in [0.3, 0.4) is 0 Å². The lowest BCUT2D eigenvalue weighted by Gasteiger charge is -2.08. The van der Waals surface area contributed by atoms with Gasteiger partial charge in [-0.3, -0.25) is 14.2 Å². The van der Waals surface area contributed by atoms with Crippen LogP contribution < -0.4 is 10.6 Å². The highest BCUT2D eigenvalue weighted by molar-refractivity contribution is 6.04. The third kappa shape index (κ3) is 3.65. The minimum Gasteiger partial charge on any atom is -0.326 e. The zero-order valence-electron chi connectivity index (χ0n) is 16.1. The predicted molar refractivity (Wildman–Crippen MR) is 115 cm³/mol. The van der Waals surface area contributed by atoms with Crippen molar-refractivity contribution < 1.29 is 9.59 Å². The zero-order chi connectivity index (χ0) is 20.5. The third-order valence-electron chi connectivity index (χ3n) is 5.07. The molecule has 0 aliphatic heterocycles. The highest BCUT2D eigenvalue weighted by atomic mass is 16.2. The van der Waals surface area contributed by atoms with Crippen LogP contribution in [0, 0.1) is 5.92 Å². The number of benzene rings is 2. The maximum atomic E-state index is 12.5. The second kappa shape index (κ2) is 7.44. The smallest absolute Gasteiger partial charge is 0.255 e. The number of pyridine rings is 1. The quantitative estimate of drug-likeness (QED) is 0.532. The van der Waals surface area contributed by atoms with Crippen LogP contribution in [0.4, 0.5) is 11.4 Å². The molecule has 0 atom stereocenters. The highest BCUT2D eigenvalue weighted by Gasteiger charge is 2.29. The molecule has 2 aromatic carbocycles. The number of hydrogen-bond acceptors (Lipinski definition) is 4. The monoisotopic (exact) mass is 397 g/mol. The molecule has 1 aliphatic carbocycles. The van der Waals surface area contributed by atoms with Crippen LogP contribution in [-0.2, 0) is 4.79 Å². The van der Waals surface area contributed by atoms with Crippen molar-refractivity contribution in [3.63, 3.8) is 0 Å². The Morgan fingerprint density at radius 1 is 0.867 bits per heavy atom. The van der Waals surface area contributed by atoms with E-state index in [1.807, 2.05) is 34.9 Å². The van der Waals surface area contributed by atoms with Crippen molar-refractivity contribution >= 4 is 34.2 Å². The Bertz CT molecular complexity index is 1220. The number of carbonyl (C=O) groups excluding carboxylic acids is 2. The number of carbonyl (C=O) groups is 2. The van der Waals surface area contributed by atoms with Gasteiger partial charge in [0.2, 0.25) is 5.91 Å². The number of amides is 2. The van der Waals surface area contributed by atoms with E-state index in [0.29, 0.717) is 16.9 Å². The number of hydrogen-bond donors (Lipinski definition) is 2. The summed E-state index contributed by atoms with van der Waals surface area (Å²) < 4.78 is 1.90. The Balaban J connectivity index is 1.26. The van der Waals surface area contributed by atoms with Gasteiger partial charge in [0.05, 0.1) is 22.9 Å². The summed E-state index contributed by atoms with van der Waals surface area (Å²) in [7, 11) is 0. The summed E-state index contributed by atoms with van der Waals surface area (Å²) in [5.74, 6) is 0.669. The predicted octanol–water partition coefficient (Wildman–Crippen LogP) is 4.02. The van der Waals surface area contributed by atoms with Gasteiger partial charge in [-0.2, -0.15) is 0 Å². The molecule has 7 nitrogen and oxygen atoms in total. The lowest BCUT2D eigenvalue weighted by Crippen LogP contribution is -2.14. The van der Waals surface area contributed by atoms with Crippen LogP contribution in [-0.4, -0.2) is 26.3 Å². The molecule has 0 unspecified atom stereocenters. The first-order chi connectivity index (χ1) is 14.7. The summed E-state index contributed by atoms with van der Waals surface area (Å²) in [6.07, 6.45) is 5.26. The molecule has 4 aromatic rings. The van der Waals surface area contributed by atoms with Crippen LogP contribution in [0.25, 0.3) is 16.9 Å². The van der Waals surface area contributed by atoms with E-state index in [-0.39, 0.29) is 17.7 Å². The van der Waals surface area contributed by atoms with Crippen molar-refractivity contribution in [3.05, 3.63) is 78.8 Å². The molecule has 2 heterocycles. The van der Waals surface area contributed by atoms with Crippen molar-refractivity contribution in [3.8, 4) is 5.82 Å². The summed E-state index contributed by atoms with van der Waals surface area (Å²) in [5.41, 5.74) is 3.66. The van der Waals surface area contributed by atoms with Crippen molar-refractivity contribution in [2.75, 3.05) is 10.6 Å². The zero-order valence-corrected chi connectivity index (χ0v) is 16.1. The molecule has 30 heavy (non-hydrogen) atoms. The second-order valence-corrected chi connectivity index (χ2v) is 7.30. The van der Waals surface area contributed by atoms with E-state index in [1.165, 1.54) is 0 Å². The van der Waals surface area contributed by atoms with Gasteiger partial charge in [0, 0.05) is 17.2 Å². The molecule has 0 saturated heterocycles. The summed E-state index contributed by atoms with van der Waals surface area (Å²) in [5, 5.41) is 5.71. The number of nitrogens with zero attached hydrogens (tertiary/aromatic N) is 3. The summed E-state index contributed by atoms with van der Waals surface area (Å²) in [6.45, 7) is 0. The molecule has 148 valence electrons. The van der Waals surface area contributed by atoms with E-state index in [2.05, 4.69) is 20.6 Å². The van der Waals surface area contributed by atoms with Gasteiger partial charge in [-0.15, -0.1) is 0 Å². The number of imidazole rings is 1. The average Bonchev–Trinajstić information content (AvgIpc) is 3.54. The Labute approximate surface area is 172 Å². The standard InChI is InChI=1S/C23H19N5O2/c29-22(15-5-6-15)26-17-9-7-16(8-10-17)23(30)27-18-11-12-21(24-13-18)28-14-25-19-3-1-2-4-20(19)28/h1-4,7-15H,5-6H2,(H,26,29)(H,27,30). The lowest BCUT2D eigenvalue weighted by molar-refractivity contribution is -0.117. The molecule has 0 radical (unpaired) electrons. The fourth-order valence-electron chi connectivity index (χ4n) is 3.24. The van der Waals surface area contributed by atoms with E-state index in [4.69, 9.17) is 0 Å². The maximum Gasteiger partial charge on any atom is 0.255 e. The fraction of sp³-hybridized carbons (Fsp3) is 0.130. The Kier molecular flexibility index (Phi) is 4.48. The molecule has 1 fully saturated rings. The van der Waals surface area contributed by atoms with Gasteiger partial charge >= 0.3 is 0 Å². The van der Waals surface area contributed by atoms with Crippen molar-refractivity contribution in [2.45, 2.75) is 12.8 Å². The largest absolute Gasteiger partial charge is 0.326 e. The molecule has 7 heteroatoms. The summed E-state index contributed by atoms with van der Waals surface area (Å²) in [4.78, 5) is 33.1. The Morgan fingerprint density at radius 3 is 2.37 bits per heavy atom. The van der Waals surface area contributed by atoms with E-state index >= 15 is 0 Å². The van der Waals surface area contributed by atoms with Crippen LogP contribution in [0.15, 0.2) is 73.2 Å². The first-order valence-corrected chi connectivity index (χ1v) is 9.78. The van der Waals surface area contributed by atoms with E-state index in [9.17, 15) is 9.59 Å². The molecule has 1 aliphatic rings. The van der Waals surface area contributed by atoms with Gasteiger partial charge in [0.1, 0.15) is 12.1 Å². The minimum absolute atomic E-state index is 0.0454. The van der Waals surface area contributed by atoms with Gasteiger partial charge in [0.25, 0.3) is 5.91 Å². The van der Waals surface area contributed by atoms with Crippen LogP contribution in [0.1, 0.15) is 23.2 Å². The van der Waals surface area contributed by atoms with Gasteiger partial charge in [-0.25, -0.2) is 9.97 Å². The van der Waals surface area contributed by atoms with E-state index in [1.54, 1.807) is 42.9 Å². The molecule has 2 N–H and O–H groups in total. The van der Waals surface area contributed by atoms with Crippen molar-refractivity contribution in [1.82, 2.24) is 14.5 Å². The summed E-state index contributed by atoms with van der Waals surface area (Å²) >= 11 is 0. The molecular weight excluding hydrogens is 378 g/mol. The van der Waals surface area contributed by atoms with Gasteiger partial charge in [0.15, 0.2) is 0 Å². The Hall–Kier alpha value is -4.00. The molecule has 2 aromatic heterocycles. The van der Waals surface area contributed by atoms with Gasteiger partial charge in [-0.05, 0) is 61.4 Å². The van der Waals surface area contributed by atoms with Crippen molar-refractivity contribution in [1.29, 1.82) is 0 Å². The fourth-order valence-corrected chi connectivity index (χ4v) is 3.24. The lowest BCUT2D eigenvalue weighted by atomic mass is 10.2. The average molecular weight is 397 g/mol. The highest BCUT2D eigenvalue weighted by Crippen LogP contribution is 2.30. The first-order valence-electron chi connectivity index (χ1n) is 9.78. The molecule has 2 amide bonds. The molecule has 5 rings (SSSR count). The normalized spacial score (nSPS) is 13.2. The number of nitrogens with one attached hydrogen (secondary N) is 2. The van der Waals surface area contributed by atoms with Gasteiger partial charge in [-0.1, -0.05) is 12.1 Å². The molecule has 1 saturated carbocycles. The molecule has 0 bridgehead atoms. The Morgan fingerprint density at radius 2 is 1.63 bits per heavy atom. The third-order valence-corrected chi connectivity index (χ3v) is 5.07. The van der Waals surface area contributed by atoms with Crippen LogP contribution in [0.2, 0.25) is 0 Å². The number of para-hydroxylation sites is 2. The topological polar surface area (TPSA) is 88.9 Å². The number of rotatable bonds is 5. The molecule has 0 spiro atoms. The number of aromatic nitrogens is 3. The van der Waals surface area contributed by atoms with Crippen LogP contribution in [0.5, 0.6) is 0 Å². The van der Waals surface area contributed by atoms with E-state index < -0.39 is 0 Å². The van der Waals surface area contributed by atoms with Gasteiger partial charge < -0.3 is 10.6 Å². The second-order valence-electron chi connectivity index (χ2n) is 7.30. The van der Waals surface area contributed by atoms with Crippen molar-refractivity contribution in [2.24, 2.45) is 5.92 Å². The van der Waals surface area contributed by atoms with Crippen LogP contribution >= 0.6 is 0 Å². The first kappa shape index (κ1) is 18.1. The maximum absolute atomic E-state index is 12.5. The SMILES string of the molecule is O=C(Nc1ccc(-n2cnc3ccccc32)nc1)c1ccc(NC(=O)C2CC2)cc1. The number of fused-ring (bicyclic) bond motifs is 1.